The number of anilines is 1. The molecule has 0 atom stereocenters. The van der Waals surface area contributed by atoms with E-state index in [4.69, 9.17) is 16.3 Å². The van der Waals surface area contributed by atoms with E-state index in [0.29, 0.717) is 23.8 Å². The van der Waals surface area contributed by atoms with Gasteiger partial charge in [-0.25, -0.2) is 4.79 Å². The predicted octanol–water partition coefficient (Wildman–Crippen LogP) is 5.18. The first-order chi connectivity index (χ1) is 14.1. The van der Waals surface area contributed by atoms with Gasteiger partial charge in [0.2, 0.25) is 0 Å². The Morgan fingerprint density at radius 2 is 1.86 bits per heavy atom. The summed E-state index contributed by atoms with van der Waals surface area (Å²) in [4.78, 5) is 17.4. The molecule has 5 nitrogen and oxygen atoms in total. The van der Waals surface area contributed by atoms with E-state index < -0.39 is 0 Å². The number of urea groups is 1. The molecule has 1 aliphatic heterocycles. The fourth-order valence-corrected chi connectivity index (χ4v) is 3.89. The molecule has 6 heteroatoms. The van der Waals surface area contributed by atoms with Gasteiger partial charge >= 0.3 is 6.03 Å². The molecule has 1 N–H and O–H groups in total. The lowest BCUT2D eigenvalue weighted by molar-refractivity contribution is 0.178. The van der Waals surface area contributed by atoms with Crippen molar-refractivity contribution < 1.29 is 9.53 Å². The molecule has 3 rings (SSSR count). The lowest BCUT2D eigenvalue weighted by Gasteiger charge is -2.30. The molecule has 2 aromatic rings. The summed E-state index contributed by atoms with van der Waals surface area (Å²) in [5, 5.41) is 3.58. The molecule has 156 valence electrons. The standard InChI is InChI=1S/C23H30ClN3O2/c1-18-7-6-8-21(24)22(18)25-23(28)27(16-15-26-13-4-3-5-14-26)17-19-9-11-20(29-2)12-10-19/h6-12H,3-5,13-17H2,1-2H3,(H,25,28). The molecule has 1 aliphatic rings. The van der Waals surface area contributed by atoms with E-state index in [1.807, 2.05) is 48.2 Å². The van der Waals surface area contributed by atoms with Crippen molar-refractivity contribution in [2.45, 2.75) is 32.7 Å². The molecule has 2 amide bonds. The fourth-order valence-electron chi connectivity index (χ4n) is 3.63. The molecule has 0 spiro atoms. The number of piperidine rings is 1. The Morgan fingerprint density at radius 3 is 2.52 bits per heavy atom. The molecular formula is C23H30ClN3O2. The van der Waals surface area contributed by atoms with Crippen LogP contribution in [0.4, 0.5) is 10.5 Å². The molecule has 2 aromatic carbocycles. The number of hydrogen-bond acceptors (Lipinski definition) is 3. The van der Waals surface area contributed by atoms with Crippen LogP contribution < -0.4 is 10.1 Å². The Kier molecular flexibility index (Phi) is 7.78. The van der Waals surface area contributed by atoms with Crippen LogP contribution in [0.25, 0.3) is 0 Å². The average Bonchev–Trinajstić information content (AvgIpc) is 2.75. The number of rotatable bonds is 7. The predicted molar refractivity (Wildman–Crippen MR) is 119 cm³/mol. The number of methoxy groups -OCH3 is 1. The maximum absolute atomic E-state index is 13.1. The second-order valence-corrected chi connectivity index (χ2v) is 7.94. The number of nitrogens with one attached hydrogen (secondary N) is 1. The number of aryl methyl sites for hydroxylation is 1. The smallest absolute Gasteiger partial charge is 0.322 e. The largest absolute Gasteiger partial charge is 0.497 e. The van der Waals surface area contributed by atoms with Gasteiger partial charge in [-0.15, -0.1) is 0 Å². The second kappa shape index (κ2) is 10.5. The van der Waals surface area contributed by atoms with Crippen molar-refractivity contribution in [3.63, 3.8) is 0 Å². The van der Waals surface area contributed by atoms with Crippen molar-refractivity contribution in [2.75, 3.05) is 38.6 Å². The van der Waals surface area contributed by atoms with Gasteiger partial charge in [0.1, 0.15) is 5.75 Å². The van der Waals surface area contributed by atoms with Crippen LogP contribution in [0, 0.1) is 6.92 Å². The van der Waals surface area contributed by atoms with Gasteiger partial charge in [-0.05, 0) is 62.2 Å². The summed E-state index contributed by atoms with van der Waals surface area (Å²) in [7, 11) is 1.65. The van der Waals surface area contributed by atoms with Crippen LogP contribution in [0.3, 0.4) is 0 Å². The van der Waals surface area contributed by atoms with Crippen LogP contribution >= 0.6 is 11.6 Å². The molecule has 0 radical (unpaired) electrons. The van der Waals surface area contributed by atoms with Crippen molar-refractivity contribution in [1.82, 2.24) is 9.80 Å². The van der Waals surface area contributed by atoms with Crippen molar-refractivity contribution >= 4 is 23.3 Å². The van der Waals surface area contributed by atoms with Crippen LogP contribution in [-0.4, -0.2) is 49.1 Å². The Labute approximate surface area is 178 Å². The molecule has 1 saturated heterocycles. The highest BCUT2D eigenvalue weighted by atomic mass is 35.5. The first-order valence-electron chi connectivity index (χ1n) is 10.2. The van der Waals surface area contributed by atoms with Gasteiger partial charge < -0.3 is 19.9 Å². The minimum atomic E-state index is -0.131. The summed E-state index contributed by atoms with van der Waals surface area (Å²) < 4.78 is 5.24. The summed E-state index contributed by atoms with van der Waals surface area (Å²) in [6.45, 7) is 6.26. The van der Waals surface area contributed by atoms with E-state index in [2.05, 4.69) is 10.2 Å². The zero-order valence-corrected chi connectivity index (χ0v) is 18.0. The van der Waals surface area contributed by atoms with Crippen LogP contribution in [0.15, 0.2) is 42.5 Å². The molecular weight excluding hydrogens is 386 g/mol. The Morgan fingerprint density at radius 1 is 1.14 bits per heavy atom. The molecule has 1 fully saturated rings. The van der Waals surface area contributed by atoms with Gasteiger partial charge in [-0.1, -0.05) is 42.3 Å². The third-order valence-corrected chi connectivity index (χ3v) is 5.72. The van der Waals surface area contributed by atoms with Crippen LogP contribution in [0.2, 0.25) is 5.02 Å². The van der Waals surface area contributed by atoms with Crippen molar-refractivity contribution in [1.29, 1.82) is 0 Å². The van der Waals surface area contributed by atoms with Crippen LogP contribution in [-0.2, 0) is 6.54 Å². The van der Waals surface area contributed by atoms with Gasteiger partial charge in [0.15, 0.2) is 0 Å². The highest BCUT2D eigenvalue weighted by Crippen LogP contribution is 2.26. The number of para-hydroxylation sites is 1. The van der Waals surface area contributed by atoms with Crippen molar-refractivity contribution in [2.24, 2.45) is 0 Å². The maximum Gasteiger partial charge on any atom is 0.322 e. The molecule has 1 heterocycles. The van der Waals surface area contributed by atoms with E-state index in [1.54, 1.807) is 13.2 Å². The van der Waals surface area contributed by atoms with E-state index in [-0.39, 0.29) is 6.03 Å². The first-order valence-corrected chi connectivity index (χ1v) is 10.6. The molecule has 0 bridgehead atoms. The van der Waals surface area contributed by atoms with E-state index in [0.717, 1.165) is 36.5 Å². The summed E-state index contributed by atoms with van der Waals surface area (Å²) in [5.74, 6) is 0.810. The Hall–Kier alpha value is -2.24. The van der Waals surface area contributed by atoms with E-state index in [1.165, 1.54) is 19.3 Å². The first kappa shape index (κ1) is 21.5. The molecule has 0 aliphatic carbocycles. The zero-order valence-electron chi connectivity index (χ0n) is 17.3. The SMILES string of the molecule is COc1ccc(CN(CCN2CCCCC2)C(=O)Nc2c(C)cccc2Cl)cc1. The normalized spacial score (nSPS) is 14.4. The highest BCUT2D eigenvalue weighted by Gasteiger charge is 2.19. The van der Waals surface area contributed by atoms with Gasteiger partial charge in [0.25, 0.3) is 0 Å². The summed E-state index contributed by atoms with van der Waals surface area (Å²) in [6, 6.07) is 13.4. The number of amides is 2. The summed E-state index contributed by atoms with van der Waals surface area (Å²) >= 11 is 6.32. The van der Waals surface area contributed by atoms with Crippen molar-refractivity contribution in [3.05, 3.63) is 58.6 Å². The number of carbonyl (C=O) groups is 1. The number of ether oxygens (including phenoxy) is 1. The van der Waals surface area contributed by atoms with Gasteiger partial charge in [-0.2, -0.15) is 0 Å². The van der Waals surface area contributed by atoms with Crippen LogP contribution in [0.5, 0.6) is 5.75 Å². The lowest BCUT2D eigenvalue weighted by atomic mass is 10.1. The third kappa shape index (κ3) is 6.12. The molecule has 29 heavy (non-hydrogen) atoms. The van der Waals surface area contributed by atoms with Gasteiger partial charge in [0, 0.05) is 19.6 Å². The molecule has 0 unspecified atom stereocenters. The Balaban J connectivity index is 1.71. The quantitative estimate of drug-likeness (QED) is 0.677. The van der Waals surface area contributed by atoms with E-state index in [9.17, 15) is 4.79 Å². The minimum Gasteiger partial charge on any atom is -0.497 e. The molecule has 0 saturated carbocycles. The number of nitrogens with zero attached hydrogens (tertiary/aromatic N) is 2. The molecule has 0 aromatic heterocycles. The Bertz CT molecular complexity index is 784. The highest BCUT2D eigenvalue weighted by molar-refractivity contribution is 6.33. The average molecular weight is 416 g/mol. The third-order valence-electron chi connectivity index (χ3n) is 5.41. The second-order valence-electron chi connectivity index (χ2n) is 7.53. The minimum absolute atomic E-state index is 0.131. The number of hydrogen-bond donors (Lipinski definition) is 1. The number of halogens is 1. The summed E-state index contributed by atoms with van der Waals surface area (Å²) in [5.41, 5.74) is 2.69. The lowest BCUT2D eigenvalue weighted by Crippen LogP contribution is -2.42. The number of benzene rings is 2. The van der Waals surface area contributed by atoms with Crippen molar-refractivity contribution in [3.8, 4) is 5.75 Å². The van der Waals surface area contributed by atoms with E-state index >= 15 is 0 Å². The fraction of sp³-hybridized carbons (Fsp3) is 0.435. The van der Waals surface area contributed by atoms with Gasteiger partial charge in [-0.3, -0.25) is 0 Å². The topological polar surface area (TPSA) is 44.8 Å². The summed E-state index contributed by atoms with van der Waals surface area (Å²) in [6.07, 6.45) is 3.78. The van der Waals surface area contributed by atoms with Gasteiger partial charge in [0.05, 0.1) is 17.8 Å². The number of likely N-dealkylation sites (tertiary alicyclic amines) is 1. The maximum atomic E-state index is 13.1. The zero-order chi connectivity index (χ0) is 20.6. The number of carbonyl (C=O) groups excluding carboxylic acids is 1. The van der Waals surface area contributed by atoms with Crippen LogP contribution in [0.1, 0.15) is 30.4 Å². The monoisotopic (exact) mass is 415 g/mol.